The van der Waals surface area contributed by atoms with Crippen LogP contribution in [0.4, 0.5) is 11.9 Å². The topological polar surface area (TPSA) is 62.7 Å². The molecular weight excluding hydrogens is 238 g/mol. The van der Waals surface area contributed by atoms with Crippen LogP contribution in [-0.4, -0.2) is 28.0 Å². The van der Waals surface area contributed by atoms with Crippen LogP contribution in [-0.2, 0) is 0 Å². The van der Waals surface area contributed by atoms with Gasteiger partial charge in [0, 0.05) is 13.1 Å². The monoisotopic (exact) mass is 253 g/mol. The molecule has 2 N–H and O–H groups in total. The zero-order valence-corrected chi connectivity index (χ0v) is 10.5. The smallest absolute Gasteiger partial charge is 0.229 e. The van der Waals surface area contributed by atoms with Crippen molar-refractivity contribution in [3.63, 3.8) is 0 Å². The molecule has 92 valence electrons. The maximum absolute atomic E-state index is 5.85. The SMILES string of the molecule is CNc1nc(Cl)nc(NC2CC3CCC2C3)n1. The minimum atomic E-state index is 0.231. The van der Waals surface area contributed by atoms with Crippen molar-refractivity contribution in [2.75, 3.05) is 17.7 Å². The number of hydrogen-bond acceptors (Lipinski definition) is 5. The Morgan fingerprint density at radius 3 is 2.59 bits per heavy atom. The van der Waals surface area contributed by atoms with E-state index in [0.29, 0.717) is 17.9 Å². The van der Waals surface area contributed by atoms with E-state index in [4.69, 9.17) is 11.6 Å². The lowest BCUT2D eigenvalue weighted by molar-refractivity contribution is 0.438. The molecule has 2 bridgehead atoms. The summed E-state index contributed by atoms with van der Waals surface area (Å²) in [5.74, 6) is 2.79. The molecule has 2 aliphatic carbocycles. The fraction of sp³-hybridized carbons (Fsp3) is 0.727. The molecule has 1 aromatic heterocycles. The molecule has 2 aliphatic rings. The summed E-state index contributed by atoms with van der Waals surface area (Å²) in [6, 6.07) is 0.511. The lowest BCUT2D eigenvalue weighted by Crippen LogP contribution is -2.27. The second-order valence-electron chi connectivity index (χ2n) is 4.93. The minimum absolute atomic E-state index is 0.231. The van der Waals surface area contributed by atoms with Crippen molar-refractivity contribution in [2.24, 2.45) is 11.8 Å². The van der Waals surface area contributed by atoms with Crippen LogP contribution in [0.1, 0.15) is 25.7 Å². The van der Waals surface area contributed by atoms with Gasteiger partial charge < -0.3 is 10.6 Å². The van der Waals surface area contributed by atoms with E-state index in [2.05, 4.69) is 25.6 Å². The van der Waals surface area contributed by atoms with E-state index in [0.717, 1.165) is 11.8 Å². The van der Waals surface area contributed by atoms with E-state index in [9.17, 15) is 0 Å². The predicted octanol–water partition coefficient (Wildman–Crippen LogP) is 2.17. The fourth-order valence-electron chi connectivity index (χ4n) is 3.11. The van der Waals surface area contributed by atoms with Crippen LogP contribution in [0.5, 0.6) is 0 Å². The fourth-order valence-corrected chi connectivity index (χ4v) is 3.27. The summed E-state index contributed by atoms with van der Waals surface area (Å²) in [5, 5.41) is 6.51. The van der Waals surface area contributed by atoms with Crippen LogP contribution < -0.4 is 10.6 Å². The highest BCUT2D eigenvalue weighted by atomic mass is 35.5. The van der Waals surface area contributed by atoms with E-state index in [1.807, 2.05) is 0 Å². The normalized spacial score (nSPS) is 30.6. The van der Waals surface area contributed by atoms with Crippen molar-refractivity contribution in [1.29, 1.82) is 0 Å². The summed E-state index contributed by atoms with van der Waals surface area (Å²) in [6.45, 7) is 0. The average molecular weight is 254 g/mol. The summed E-state index contributed by atoms with van der Waals surface area (Å²) >= 11 is 5.85. The zero-order valence-electron chi connectivity index (χ0n) is 9.78. The van der Waals surface area contributed by atoms with Crippen molar-refractivity contribution in [2.45, 2.75) is 31.7 Å². The molecule has 3 unspecified atom stereocenters. The molecule has 0 radical (unpaired) electrons. The highest BCUT2D eigenvalue weighted by molar-refractivity contribution is 6.28. The molecule has 3 rings (SSSR count). The highest BCUT2D eigenvalue weighted by Gasteiger charge is 2.39. The van der Waals surface area contributed by atoms with Crippen molar-refractivity contribution >= 4 is 23.5 Å². The second-order valence-corrected chi connectivity index (χ2v) is 5.27. The zero-order chi connectivity index (χ0) is 11.8. The second kappa shape index (κ2) is 4.29. The Morgan fingerprint density at radius 2 is 1.94 bits per heavy atom. The Balaban J connectivity index is 1.74. The summed E-state index contributed by atoms with van der Waals surface area (Å²) in [5.41, 5.74) is 0. The maximum Gasteiger partial charge on any atom is 0.229 e. The van der Waals surface area contributed by atoms with Gasteiger partial charge in [-0.05, 0) is 42.7 Å². The Morgan fingerprint density at radius 1 is 1.12 bits per heavy atom. The van der Waals surface area contributed by atoms with Crippen LogP contribution in [0.2, 0.25) is 5.28 Å². The van der Waals surface area contributed by atoms with Gasteiger partial charge in [-0.2, -0.15) is 15.0 Å². The molecule has 5 nitrogen and oxygen atoms in total. The van der Waals surface area contributed by atoms with Crippen molar-refractivity contribution in [3.05, 3.63) is 5.28 Å². The van der Waals surface area contributed by atoms with Crippen LogP contribution in [0.15, 0.2) is 0 Å². The highest BCUT2D eigenvalue weighted by Crippen LogP contribution is 2.45. The Hall–Kier alpha value is -1.10. The molecule has 0 amide bonds. The first kappa shape index (κ1) is 11.0. The largest absolute Gasteiger partial charge is 0.357 e. The molecule has 17 heavy (non-hydrogen) atoms. The summed E-state index contributed by atoms with van der Waals surface area (Å²) in [6.07, 6.45) is 5.32. The molecule has 0 aromatic carbocycles. The third-order valence-electron chi connectivity index (χ3n) is 3.88. The van der Waals surface area contributed by atoms with Gasteiger partial charge in [-0.25, -0.2) is 0 Å². The molecule has 0 saturated heterocycles. The van der Waals surface area contributed by atoms with Gasteiger partial charge in [0.1, 0.15) is 0 Å². The summed E-state index contributed by atoms with van der Waals surface area (Å²) in [4.78, 5) is 12.4. The van der Waals surface area contributed by atoms with Gasteiger partial charge in [0.25, 0.3) is 0 Å². The third-order valence-corrected chi connectivity index (χ3v) is 4.05. The van der Waals surface area contributed by atoms with Gasteiger partial charge in [0.05, 0.1) is 0 Å². The number of halogens is 1. The molecule has 1 heterocycles. The molecule has 0 spiro atoms. The van der Waals surface area contributed by atoms with Crippen LogP contribution >= 0.6 is 11.6 Å². The van der Waals surface area contributed by atoms with Gasteiger partial charge in [-0.1, -0.05) is 6.42 Å². The van der Waals surface area contributed by atoms with Crippen molar-refractivity contribution in [3.8, 4) is 0 Å². The van der Waals surface area contributed by atoms with E-state index < -0.39 is 0 Å². The van der Waals surface area contributed by atoms with Crippen LogP contribution in [0, 0.1) is 11.8 Å². The van der Waals surface area contributed by atoms with E-state index >= 15 is 0 Å². The van der Waals surface area contributed by atoms with Crippen LogP contribution in [0.25, 0.3) is 0 Å². The quantitative estimate of drug-likeness (QED) is 0.865. The Bertz CT molecular complexity index is 424. The van der Waals surface area contributed by atoms with Gasteiger partial charge in [-0.15, -0.1) is 0 Å². The third kappa shape index (κ3) is 2.16. The van der Waals surface area contributed by atoms with Crippen molar-refractivity contribution in [1.82, 2.24) is 15.0 Å². The summed E-state index contributed by atoms with van der Waals surface area (Å²) in [7, 11) is 1.77. The number of hydrogen-bond donors (Lipinski definition) is 2. The molecule has 1 aromatic rings. The number of fused-ring (bicyclic) bond motifs is 2. The average Bonchev–Trinajstić information content (AvgIpc) is 2.90. The molecule has 2 fully saturated rings. The summed E-state index contributed by atoms with van der Waals surface area (Å²) < 4.78 is 0. The predicted molar refractivity (Wildman–Crippen MR) is 67.2 cm³/mol. The number of nitrogens with one attached hydrogen (secondary N) is 2. The Kier molecular flexibility index (Phi) is 2.78. The lowest BCUT2D eigenvalue weighted by atomic mass is 9.95. The molecule has 2 saturated carbocycles. The van der Waals surface area contributed by atoms with Gasteiger partial charge in [-0.3, -0.25) is 0 Å². The molecular formula is C11H16ClN5. The Labute approximate surface area is 105 Å². The number of nitrogens with zero attached hydrogens (tertiary/aromatic N) is 3. The molecule has 6 heteroatoms. The maximum atomic E-state index is 5.85. The number of anilines is 2. The lowest BCUT2D eigenvalue weighted by Gasteiger charge is -2.22. The first-order valence-electron chi connectivity index (χ1n) is 6.10. The van der Waals surface area contributed by atoms with Gasteiger partial charge in [0.2, 0.25) is 17.2 Å². The first-order valence-corrected chi connectivity index (χ1v) is 6.48. The molecule has 0 aliphatic heterocycles. The molecule has 3 atom stereocenters. The van der Waals surface area contributed by atoms with E-state index in [1.165, 1.54) is 25.7 Å². The van der Waals surface area contributed by atoms with E-state index in [-0.39, 0.29) is 5.28 Å². The minimum Gasteiger partial charge on any atom is -0.357 e. The first-order chi connectivity index (χ1) is 8.24. The van der Waals surface area contributed by atoms with Gasteiger partial charge in [0.15, 0.2) is 0 Å². The van der Waals surface area contributed by atoms with E-state index in [1.54, 1.807) is 7.05 Å². The standard InChI is InChI=1S/C11H16ClN5/c1-13-10-15-9(12)16-11(17-10)14-8-5-6-2-3-7(8)4-6/h6-8H,2-5H2,1H3,(H2,13,14,15,16,17). The van der Waals surface area contributed by atoms with Crippen LogP contribution in [0.3, 0.4) is 0 Å². The van der Waals surface area contributed by atoms with Crippen molar-refractivity contribution < 1.29 is 0 Å². The number of rotatable bonds is 3. The van der Waals surface area contributed by atoms with Gasteiger partial charge >= 0.3 is 0 Å². The number of aromatic nitrogens is 3.